The number of piperidine rings is 2. The minimum Gasteiger partial charge on any atom is -0.444 e. The largest absolute Gasteiger partial charge is 0.444 e. The Hall–Kier alpha value is -2.46. The van der Waals surface area contributed by atoms with Crippen molar-refractivity contribution in [3.05, 3.63) is 0 Å². The van der Waals surface area contributed by atoms with Crippen LogP contribution in [0.4, 0.5) is 13.6 Å². The van der Waals surface area contributed by atoms with Gasteiger partial charge in [0, 0.05) is 31.8 Å². The molecule has 2 fully saturated rings. The number of ether oxygens (including phenoxy) is 1. The lowest BCUT2D eigenvalue weighted by atomic mass is 9.91. The van der Waals surface area contributed by atoms with E-state index in [2.05, 4.69) is 10.6 Å². The van der Waals surface area contributed by atoms with Gasteiger partial charge in [0.15, 0.2) is 0 Å². The molecule has 0 saturated carbocycles. The Kier molecular flexibility index (Phi) is 7.25. The summed E-state index contributed by atoms with van der Waals surface area (Å²) in [5.74, 6) is -5.73. The molecule has 2 rings (SSSR count). The van der Waals surface area contributed by atoms with Gasteiger partial charge in [-0.15, -0.1) is 0 Å². The number of carbonyl (C=O) groups is 4. The number of rotatable bonds is 5. The van der Waals surface area contributed by atoms with Crippen LogP contribution in [0.3, 0.4) is 0 Å². The normalized spacial score (nSPS) is 25.1. The Labute approximate surface area is 174 Å². The van der Waals surface area contributed by atoms with Gasteiger partial charge in [0.1, 0.15) is 17.7 Å². The van der Waals surface area contributed by atoms with Gasteiger partial charge in [0.25, 0.3) is 5.92 Å². The number of hydrogen-bond donors (Lipinski definition) is 3. The molecule has 3 atom stereocenters. The lowest BCUT2D eigenvalue weighted by Crippen LogP contribution is -2.59. The first-order chi connectivity index (χ1) is 13.8. The summed E-state index contributed by atoms with van der Waals surface area (Å²) in [5, 5.41) is 5.04. The minimum atomic E-state index is -3.15. The van der Waals surface area contributed by atoms with E-state index in [1.165, 1.54) is 0 Å². The summed E-state index contributed by atoms with van der Waals surface area (Å²) < 4.78 is 33.2. The Morgan fingerprint density at radius 3 is 2.60 bits per heavy atom. The van der Waals surface area contributed by atoms with Crippen LogP contribution in [0.5, 0.6) is 0 Å². The van der Waals surface area contributed by atoms with E-state index >= 15 is 0 Å². The van der Waals surface area contributed by atoms with E-state index in [4.69, 9.17) is 10.5 Å². The standard InChI is InChI=1S/C19H30F2N4O5/c1-18(2,3)30-17(29)25-8-6-19(20,21)10-13(25)16(28)24-12(14(22)26)9-11-5-4-7-23-15(11)27/h11-13H,4-10H2,1-3H3,(H2,22,26)(H,23,27)(H,24,28)/t11-,12-,13-/m0/s1. The number of halogens is 2. The van der Waals surface area contributed by atoms with Crippen LogP contribution in [-0.4, -0.2) is 65.4 Å². The SMILES string of the molecule is CC(C)(C)OC(=O)N1CCC(F)(F)C[C@H]1C(=O)N[C@@H](C[C@@H]1CCCNC1=O)C(N)=O. The number of amides is 4. The lowest BCUT2D eigenvalue weighted by Gasteiger charge is -2.39. The topological polar surface area (TPSA) is 131 Å². The van der Waals surface area contributed by atoms with Crippen molar-refractivity contribution in [2.24, 2.45) is 11.7 Å². The quantitative estimate of drug-likeness (QED) is 0.594. The molecular formula is C19H30F2N4O5. The first-order valence-electron chi connectivity index (χ1n) is 10.0. The van der Waals surface area contributed by atoms with Crippen molar-refractivity contribution in [1.82, 2.24) is 15.5 Å². The zero-order valence-electron chi connectivity index (χ0n) is 17.5. The van der Waals surface area contributed by atoms with Crippen LogP contribution in [0.1, 0.15) is 52.9 Å². The maximum atomic E-state index is 14.0. The fourth-order valence-electron chi connectivity index (χ4n) is 3.57. The summed E-state index contributed by atoms with van der Waals surface area (Å²) in [4.78, 5) is 50.0. The molecule has 2 aliphatic rings. The van der Waals surface area contributed by atoms with Crippen LogP contribution >= 0.6 is 0 Å². The molecule has 0 spiro atoms. The van der Waals surface area contributed by atoms with Crippen LogP contribution in [-0.2, 0) is 19.1 Å². The Balaban J connectivity index is 2.14. The van der Waals surface area contributed by atoms with Crippen LogP contribution < -0.4 is 16.4 Å². The van der Waals surface area contributed by atoms with Gasteiger partial charge in [-0.25, -0.2) is 13.6 Å². The van der Waals surface area contributed by atoms with Gasteiger partial charge in [-0.3, -0.25) is 19.3 Å². The van der Waals surface area contributed by atoms with Gasteiger partial charge in [0.2, 0.25) is 17.7 Å². The van der Waals surface area contributed by atoms with Crippen LogP contribution in [0, 0.1) is 5.92 Å². The van der Waals surface area contributed by atoms with Crippen LogP contribution in [0.25, 0.3) is 0 Å². The molecule has 2 saturated heterocycles. The smallest absolute Gasteiger partial charge is 0.410 e. The van der Waals surface area contributed by atoms with Crippen molar-refractivity contribution in [2.75, 3.05) is 13.1 Å². The molecule has 2 aliphatic heterocycles. The third kappa shape index (κ3) is 6.53. The van der Waals surface area contributed by atoms with Gasteiger partial charge in [-0.1, -0.05) is 0 Å². The van der Waals surface area contributed by atoms with Crippen molar-refractivity contribution in [3.8, 4) is 0 Å². The molecule has 170 valence electrons. The summed E-state index contributed by atoms with van der Waals surface area (Å²) in [6.45, 7) is 5.03. The summed E-state index contributed by atoms with van der Waals surface area (Å²) >= 11 is 0. The molecule has 2 heterocycles. The molecule has 9 nitrogen and oxygen atoms in total. The lowest BCUT2D eigenvalue weighted by molar-refractivity contribution is -0.139. The highest BCUT2D eigenvalue weighted by atomic mass is 19.3. The number of hydrogen-bond acceptors (Lipinski definition) is 5. The monoisotopic (exact) mass is 432 g/mol. The van der Waals surface area contributed by atoms with E-state index < -0.39 is 60.3 Å². The Bertz CT molecular complexity index is 695. The predicted octanol–water partition coefficient (Wildman–Crippen LogP) is 0.908. The average molecular weight is 432 g/mol. The highest BCUT2D eigenvalue weighted by Gasteiger charge is 2.47. The van der Waals surface area contributed by atoms with E-state index in [9.17, 15) is 28.0 Å². The Morgan fingerprint density at radius 1 is 1.37 bits per heavy atom. The zero-order valence-corrected chi connectivity index (χ0v) is 17.5. The molecule has 4 N–H and O–H groups in total. The maximum absolute atomic E-state index is 14.0. The van der Waals surface area contributed by atoms with Gasteiger partial charge in [-0.2, -0.15) is 0 Å². The molecule has 0 aromatic heterocycles. The number of nitrogens with one attached hydrogen (secondary N) is 2. The Morgan fingerprint density at radius 2 is 2.03 bits per heavy atom. The molecule has 0 bridgehead atoms. The number of primary amides is 1. The molecule has 0 aromatic carbocycles. The molecule has 30 heavy (non-hydrogen) atoms. The fraction of sp³-hybridized carbons (Fsp3) is 0.789. The number of likely N-dealkylation sites (tertiary alicyclic amines) is 1. The number of carbonyl (C=O) groups excluding carboxylic acids is 4. The molecule has 0 unspecified atom stereocenters. The van der Waals surface area contributed by atoms with E-state index in [-0.39, 0.29) is 18.9 Å². The second-order valence-corrected chi connectivity index (χ2v) is 8.83. The second kappa shape index (κ2) is 9.13. The highest BCUT2D eigenvalue weighted by Crippen LogP contribution is 2.33. The summed E-state index contributed by atoms with van der Waals surface area (Å²) in [6, 6.07) is -2.74. The van der Waals surface area contributed by atoms with Crippen molar-refractivity contribution >= 4 is 23.8 Å². The molecule has 4 amide bonds. The third-order valence-corrected chi connectivity index (χ3v) is 5.10. The average Bonchev–Trinajstić information content (AvgIpc) is 2.60. The first kappa shape index (κ1) is 23.8. The number of alkyl halides is 2. The van der Waals surface area contributed by atoms with Gasteiger partial charge >= 0.3 is 6.09 Å². The fourth-order valence-corrected chi connectivity index (χ4v) is 3.57. The van der Waals surface area contributed by atoms with E-state index in [1.807, 2.05) is 0 Å². The van der Waals surface area contributed by atoms with Crippen LogP contribution in [0.15, 0.2) is 0 Å². The highest BCUT2D eigenvalue weighted by molar-refractivity contribution is 5.91. The van der Waals surface area contributed by atoms with Gasteiger partial charge in [-0.05, 0) is 40.0 Å². The molecule has 11 heteroatoms. The first-order valence-corrected chi connectivity index (χ1v) is 10.0. The van der Waals surface area contributed by atoms with Crippen molar-refractivity contribution < 1.29 is 32.7 Å². The van der Waals surface area contributed by atoms with Gasteiger partial charge in [0.05, 0.1) is 0 Å². The molecule has 0 aromatic rings. The van der Waals surface area contributed by atoms with E-state index in [1.54, 1.807) is 20.8 Å². The van der Waals surface area contributed by atoms with Crippen molar-refractivity contribution in [3.63, 3.8) is 0 Å². The second-order valence-electron chi connectivity index (χ2n) is 8.83. The third-order valence-electron chi connectivity index (χ3n) is 5.10. The van der Waals surface area contributed by atoms with E-state index in [0.29, 0.717) is 13.0 Å². The number of nitrogens with zero attached hydrogens (tertiary/aromatic N) is 1. The molecule has 0 aliphatic carbocycles. The van der Waals surface area contributed by atoms with Crippen LogP contribution in [0.2, 0.25) is 0 Å². The van der Waals surface area contributed by atoms with Gasteiger partial charge < -0.3 is 21.1 Å². The minimum absolute atomic E-state index is 0.0392. The van der Waals surface area contributed by atoms with Crippen molar-refractivity contribution in [2.45, 2.75) is 76.5 Å². The predicted molar refractivity (Wildman–Crippen MR) is 102 cm³/mol. The number of nitrogens with two attached hydrogens (primary N) is 1. The summed E-state index contributed by atoms with van der Waals surface area (Å²) in [7, 11) is 0. The molecular weight excluding hydrogens is 402 g/mol. The summed E-state index contributed by atoms with van der Waals surface area (Å²) in [6.07, 6.45) is -1.18. The maximum Gasteiger partial charge on any atom is 0.410 e. The zero-order chi connectivity index (χ0) is 22.7. The van der Waals surface area contributed by atoms with Crippen molar-refractivity contribution in [1.29, 1.82) is 0 Å². The summed E-state index contributed by atoms with van der Waals surface area (Å²) in [5.41, 5.74) is 4.50. The van der Waals surface area contributed by atoms with E-state index in [0.717, 1.165) is 11.3 Å². The molecule has 0 radical (unpaired) electrons.